The zero-order valence-electron chi connectivity index (χ0n) is 17.0. The second-order valence-corrected chi connectivity index (χ2v) is 8.86. The highest BCUT2D eigenvalue weighted by molar-refractivity contribution is 9.10. The highest BCUT2D eigenvalue weighted by Gasteiger charge is 2.26. The summed E-state index contributed by atoms with van der Waals surface area (Å²) in [6.45, 7) is 3.89. The molecule has 2 unspecified atom stereocenters. The van der Waals surface area contributed by atoms with Gasteiger partial charge in [-0.1, -0.05) is 53.0 Å². The molecule has 0 aliphatic heterocycles. The number of nitrogens with one attached hydrogen (secondary N) is 2. The number of rotatable bonds is 5. The second kappa shape index (κ2) is 8.60. The fraction of sp³-hybridized carbons (Fsp3) is 0.348. The van der Waals surface area contributed by atoms with Crippen LogP contribution in [-0.4, -0.2) is 27.9 Å². The summed E-state index contributed by atoms with van der Waals surface area (Å²) in [5, 5.41) is 7.20. The lowest BCUT2D eigenvalue weighted by Crippen LogP contribution is -2.41. The summed E-state index contributed by atoms with van der Waals surface area (Å²) < 4.78 is 6.26. The summed E-state index contributed by atoms with van der Waals surface area (Å²) in [6, 6.07) is 9.30. The van der Waals surface area contributed by atoms with Crippen LogP contribution in [0.25, 0.3) is 11.3 Å². The summed E-state index contributed by atoms with van der Waals surface area (Å²) in [7, 11) is 0. The van der Waals surface area contributed by atoms with Crippen molar-refractivity contribution in [3.63, 3.8) is 0 Å². The van der Waals surface area contributed by atoms with E-state index in [4.69, 9.17) is 4.52 Å². The Kier molecular flexibility index (Phi) is 5.90. The molecule has 0 saturated heterocycles. The molecule has 1 aliphatic rings. The first kappa shape index (κ1) is 20.6. The second-order valence-electron chi connectivity index (χ2n) is 7.94. The number of H-pyrrole nitrogens is 1. The SMILES string of the molecule is Cc1onc(-c2ccc(Br)cc2)c1C(=O)c1c[nH]c(C(=O)NC2CCCCC2C)c1. The number of nitrogens with zero attached hydrogens (tertiary/aromatic N) is 1. The fourth-order valence-corrected chi connectivity index (χ4v) is 4.29. The Morgan fingerprint density at radius 1 is 1.20 bits per heavy atom. The number of aryl methyl sites for hydroxylation is 1. The first-order chi connectivity index (χ1) is 14.4. The molecule has 2 aromatic heterocycles. The first-order valence-corrected chi connectivity index (χ1v) is 11.0. The van der Waals surface area contributed by atoms with Crippen molar-refractivity contribution >= 4 is 27.6 Å². The van der Waals surface area contributed by atoms with Gasteiger partial charge in [0.2, 0.25) is 0 Å². The number of halogens is 1. The van der Waals surface area contributed by atoms with Crippen LogP contribution in [0.5, 0.6) is 0 Å². The van der Waals surface area contributed by atoms with E-state index in [-0.39, 0.29) is 17.7 Å². The zero-order valence-corrected chi connectivity index (χ0v) is 18.6. The van der Waals surface area contributed by atoms with Crippen LogP contribution < -0.4 is 5.32 Å². The number of hydrogen-bond donors (Lipinski definition) is 2. The Morgan fingerprint density at radius 2 is 1.93 bits per heavy atom. The number of carbonyl (C=O) groups excluding carboxylic acids is 2. The number of aromatic nitrogens is 2. The highest BCUT2D eigenvalue weighted by atomic mass is 79.9. The lowest BCUT2D eigenvalue weighted by atomic mass is 9.86. The molecule has 0 radical (unpaired) electrons. The molecule has 2 N–H and O–H groups in total. The van der Waals surface area contributed by atoms with Crippen molar-refractivity contribution in [3.05, 3.63) is 63.6 Å². The van der Waals surface area contributed by atoms with Gasteiger partial charge in [-0.2, -0.15) is 0 Å². The van der Waals surface area contributed by atoms with Crippen LogP contribution in [0.2, 0.25) is 0 Å². The standard InChI is InChI=1S/C23H24BrN3O3/c1-13-5-3-4-6-18(13)26-23(29)19-11-16(12-25-19)22(28)20-14(2)30-27-21(20)15-7-9-17(24)10-8-15/h7-13,18,25H,3-6H2,1-2H3,(H,26,29). The quantitative estimate of drug-likeness (QED) is 0.497. The number of benzene rings is 1. The molecule has 2 atom stereocenters. The van der Waals surface area contributed by atoms with E-state index in [2.05, 4.69) is 38.3 Å². The van der Waals surface area contributed by atoms with Gasteiger partial charge in [-0.15, -0.1) is 0 Å². The van der Waals surface area contributed by atoms with E-state index >= 15 is 0 Å². The molecule has 1 saturated carbocycles. The third kappa shape index (κ3) is 4.12. The average Bonchev–Trinajstić information content (AvgIpc) is 3.37. The largest absolute Gasteiger partial charge is 0.360 e. The summed E-state index contributed by atoms with van der Waals surface area (Å²) in [5.74, 6) is 0.504. The molecule has 6 nitrogen and oxygen atoms in total. The van der Waals surface area contributed by atoms with Crippen molar-refractivity contribution < 1.29 is 14.1 Å². The van der Waals surface area contributed by atoms with Gasteiger partial charge >= 0.3 is 0 Å². The van der Waals surface area contributed by atoms with Crippen molar-refractivity contribution in [1.29, 1.82) is 0 Å². The van der Waals surface area contributed by atoms with Gasteiger partial charge in [-0.05, 0) is 43.9 Å². The molecule has 4 rings (SSSR count). The highest BCUT2D eigenvalue weighted by Crippen LogP contribution is 2.29. The van der Waals surface area contributed by atoms with Gasteiger partial charge in [0.1, 0.15) is 17.1 Å². The maximum absolute atomic E-state index is 13.2. The smallest absolute Gasteiger partial charge is 0.267 e. The van der Waals surface area contributed by atoms with E-state index < -0.39 is 0 Å². The molecule has 7 heteroatoms. The average molecular weight is 470 g/mol. The van der Waals surface area contributed by atoms with Crippen molar-refractivity contribution in [2.45, 2.75) is 45.6 Å². The molecule has 0 spiro atoms. The topological polar surface area (TPSA) is 88.0 Å². The summed E-state index contributed by atoms with van der Waals surface area (Å²) in [5.41, 5.74) is 2.48. The van der Waals surface area contributed by atoms with E-state index in [0.717, 1.165) is 29.3 Å². The van der Waals surface area contributed by atoms with Crippen LogP contribution in [0.15, 0.2) is 45.5 Å². The Bertz CT molecular complexity index is 1070. The van der Waals surface area contributed by atoms with E-state index in [1.807, 2.05) is 24.3 Å². The van der Waals surface area contributed by atoms with Crippen LogP contribution in [0.1, 0.15) is 64.8 Å². The number of aromatic amines is 1. The summed E-state index contributed by atoms with van der Waals surface area (Å²) in [4.78, 5) is 28.8. The Labute approximate surface area is 183 Å². The summed E-state index contributed by atoms with van der Waals surface area (Å²) >= 11 is 3.41. The minimum absolute atomic E-state index is 0.178. The Hall–Kier alpha value is -2.67. The van der Waals surface area contributed by atoms with E-state index in [1.165, 1.54) is 6.42 Å². The first-order valence-electron chi connectivity index (χ1n) is 10.2. The minimum Gasteiger partial charge on any atom is -0.360 e. The summed E-state index contributed by atoms with van der Waals surface area (Å²) in [6.07, 6.45) is 6.04. The van der Waals surface area contributed by atoms with Crippen molar-refractivity contribution in [3.8, 4) is 11.3 Å². The van der Waals surface area contributed by atoms with Crippen molar-refractivity contribution in [1.82, 2.24) is 15.5 Å². The predicted octanol–water partition coefficient (Wildman–Crippen LogP) is 5.28. The van der Waals surface area contributed by atoms with Gasteiger partial charge in [0.15, 0.2) is 5.78 Å². The lowest BCUT2D eigenvalue weighted by Gasteiger charge is -2.29. The van der Waals surface area contributed by atoms with Gasteiger partial charge in [0.05, 0.1) is 5.56 Å². The van der Waals surface area contributed by atoms with Crippen LogP contribution in [0.3, 0.4) is 0 Å². The predicted molar refractivity (Wildman–Crippen MR) is 117 cm³/mol. The Balaban J connectivity index is 1.55. The molecular weight excluding hydrogens is 446 g/mol. The van der Waals surface area contributed by atoms with E-state index in [1.54, 1.807) is 19.2 Å². The normalized spacial score (nSPS) is 18.9. The van der Waals surface area contributed by atoms with Crippen LogP contribution in [0, 0.1) is 12.8 Å². The van der Waals surface area contributed by atoms with Gasteiger partial charge in [0, 0.05) is 27.8 Å². The van der Waals surface area contributed by atoms with E-state index in [0.29, 0.717) is 34.2 Å². The maximum atomic E-state index is 13.2. The lowest BCUT2D eigenvalue weighted by molar-refractivity contribution is 0.0905. The van der Waals surface area contributed by atoms with Gasteiger partial charge in [-0.25, -0.2) is 0 Å². The third-order valence-electron chi connectivity index (χ3n) is 5.83. The molecule has 156 valence electrons. The molecular formula is C23H24BrN3O3. The van der Waals surface area contributed by atoms with Gasteiger partial charge in [-0.3, -0.25) is 9.59 Å². The molecule has 2 heterocycles. The molecule has 1 aromatic carbocycles. The number of hydrogen-bond acceptors (Lipinski definition) is 4. The molecule has 1 fully saturated rings. The van der Waals surface area contributed by atoms with Crippen LogP contribution in [-0.2, 0) is 0 Å². The number of carbonyl (C=O) groups is 2. The monoisotopic (exact) mass is 469 g/mol. The van der Waals surface area contributed by atoms with Crippen molar-refractivity contribution in [2.24, 2.45) is 5.92 Å². The zero-order chi connectivity index (χ0) is 21.3. The molecule has 3 aromatic rings. The number of amides is 1. The fourth-order valence-electron chi connectivity index (χ4n) is 4.02. The molecule has 0 bridgehead atoms. The van der Waals surface area contributed by atoms with Crippen molar-refractivity contribution in [2.75, 3.05) is 0 Å². The third-order valence-corrected chi connectivity index (χ3v) is 6.35. The maximum Gasteiger partial charge on any atom is 0.267 e. The minimum atomic E-state index is -0.229. The Morgan fingerprint density at radius 3 is 2.67 bits per heavy atom. The molecule has 1 amide bonds. The number of ketones is 1. The van der Waals surface area contributed by atoms with Crippen LogP contribution in [0.4, 0.5) is 0 Å². The van der Waals surface area contributed by atoms with Gasteiger partial charge < -0.3 is 14.8 Å². The molecule has 30 heavy (non-hydrogen) atoms. The molecule has 1 aliphatic carbocycles. The van der Waals surface area contributed by atoms with Gasteiger partial charge in [0.25, 0.3) is 5.91 Å². The van der Waals surface area contributed by atoms with E-state index in [9.17, 15) is 9.59 Å². The van der Waals surface area contributed by atoms with Crippen LogP contribution >= 0.6 is 15.9 Å².